The minimum Gasteiger partial charge on any atom is -0.243 e. The first-order valence-electron chi connectivity index (χ1n) is 6.77. The van der Waals surface area contributed by atoms with E-state index in [1.54, 1.807) is 31.2 Å². The van der Waals surface area contributed by atoms with Crippen LogP contribution in [-0.4, -0.2) is 21.1 Å². The Morgan fingerprint density at radius 2 is 2.13 bits per heavy atom. The summed E-state index contributed by atoms with van der Waals surface area (Å²) in [6.07, 6.45) is 5.27. The van der Waals surface area contributed by atoms with Crippen molar-refractivity contribution in [1.29, 1.82) is 5.26 Å². The van der Waals surface area contributed by atoms with Gasteiger partial charge in [0.15, 0.2) is 0 Å². The summed E-state index contributed by atoms with van der Waals surface area (Å²) >= 11 is 1.92. The van der Waals surface area contributed by atoms with Crippen LogP contribution in [0.3, 0.4) is 0 Å². The van der Waals surface area contributed by atoms with Gasteiger partial charge in [-0.1, -0.05) is 40.8 Å². The van der Waals surface area contributed by atoms with Crippen LogP contribution in [0.25, 0.3) is 10.9 Å². The lowest BCUT2D eigenvalue weighted by Crippen LogP contribution is -2.45. The molecule has 1 heterocycles. The first-order valence-corrected chi connectivity index (χ1v) is 9.46. The van der Waals surface area contributed by atoms with Crippen molar-refractivity contribution < 1.29 is 12.8 Å². The van der Waals surface area contributed by atoms with Crippen LogP contribution >= 0.6 is 22.6 Å². The fourth-order valence-corrected chi connectivity index (χ4v) is 5.79. The highest BCUT2D eigenvalue weighted by molar-refractivity contribution is 14.1. The van der Waals surface area contributed by atoms with Crippen LogP contribution < -0.4 is 0 Å². The molecule has 2 atom stereocenters. The fourth-order valence-electron chi connectivity index (χ4n) is 2.59. The number of nitriles is 1. The van der Waals surface area contributed by atoms with Crippen LogP contribution in [0.5, 0.6) is 0 Å². The van der Waals surface area contributed by atoms with Gasteiger partial charge in [0.25, 0.3) is 0 Å². The molecule has 4 nitrogen and oxygen atoms in total. The third-order valence-corrected chi connectivity index (χ3v) is 8.44. The first kappa shape index (κ1) is 16.2. The van der Waals surface area contributed by atoms with Gasteiger partial charge in [-0.05, 0) is 31.2 Å². The van der Waals surface area contributed by atoms with E-state index in [0.29, 0.717) is 10.9 Å². The molecule has 0 saturated heterocycles. The van der Waals surface area contributed by atoms with Crippen molar-refractivity contribution in [3.05, 3.63) is 60.1 Å². The molecule has 23 heavy (non-hydrogen) atoms. The van der Waals surface area contributed by atoms with E-state index >= 15 is 0 Å². The average molecular weight is 442 g/mol. The Kier molecular flexibility index (Phi) is 3.84. The number of nitrogens with zero attached hydrogens (tertiary/aromatic N) is 2. The summed E-state index contributed by atoms with van der Waals surface area (Å²) in [6, 6.07) is 8.72. The van der Waals surface area contributed by atoms with Crippen LogP contribution in [0, 0.1) is 11.3 Å². The summed E-state index contributed by atoms with van der Waals surface area (Å²) in [5.74, 6) is -0.452. The highest BCUT2D eigenvalue weighted by Gasteiger charge is 2.45. The van der Waals surface area contributed by atoms with E-state index in [0.717, 1.165) is 3.97 Å². The zero-order valence-corrected chi connectivity index (χ0v) is 15.0. The van der Waals surface area contributed by atoms with Crippen molar-refractivity contribution in [2.75, 3.05) is 0 Å². The van der Waals surface area contributed by atoms with Crippen molar-refractivity contribution in [2.45, 2.75) is 15.6 Å². The second-order valence-corrected chi connectivity index (χ2v) is 9.01. The second kappa shape index (κ2) is 5.46. The maximum absolute atomic E-state index is 13.4. The Morgan fingerprint density at radius 3 is 2.78 bits per heavy atom. The van der Waals surface area contributed by atoms with E-state index in [1.807, 2.05) is 28.7 Å². The molecule has 3 rings (SSSR count). The molecule has 118 valence electrons. The highest BCUT2D eigenvalue weighted by atomic mass is 127. The third-order valence-electron chi connectivity index (χ3n) is 4.04. The van der Waals surface area contributed by atoms with Gasteiger partial charge in [0.05, 0.1) is 15.0 Å². The van der Waals surface area contributed by atoms with Gasteiger partial charge < -0.3 is 0 Å². The van der Waals surface area contributed by atoms with E-state index in [-0.39, 0.29) is 5.56 Å². The van der Waals surface area contributed by atoms with Gasteiger partial charge in [-0.15, -0.1) is 0 Å². The molecule has 1 aromatic carbocycles. The van der Waals surface area contributed by atoms with Gasteiger partial charge in [-0.2, -0.15) is 5.26 Å². The Morgan fingerprint density at radius 1 is 1.39 bits per heavy atom. The highest BCUT2D eigenvalue weighted by Crippen LogP contribution is 2.37. The van der Waals surface area contributed by atoms with Crippen LogP contribution in [0.15, 0.2) is 54.5 Å². The number of aromatic nitrogens is 1. The second-order valence-electron chi connectivity index (χ2n) is 5.44. The molecule has 2 aromatic rings. The van der Waals surface area contributed by atoms with E-state index in [1.165, 1.54) is 24.4 Å². The Balaban J connectivity index is 2.27. The Labute approximate surface area is 147 Å². The normalized spacial score (nSPS) is 24.4. The summed E-state index contributed by atoms with van der Waals surface area (Å²) in [4.78, 5) is 0. The molecule has 2 unspecified atom stereocenters. The predicted molar refractivity (Wildman–Crippen MR) is 95.5 cm³/mol. The molecule has 7 heteroatoms. The predicted octanol–water partition coefficient (Wildman–Crippen LogP) is 3.68. The van der Waals surface area contributed by atoms with Gasteiger partial charge in [0.1, 0.15) is 16.6 Å². The summed E-state index contributed by atoms with van der Waals surface area (Å²) in [5, 5.41) is 9.94. The standard InChI is InChI=1S/C16H12FIN2O2S/c1-16(7-5-13(17)9-14(16)18)23(21,22)20-8-6-11-3-2-4-12(10-19)15(11)20/h2-9,14H,1H3. The molecule has 0 bridgehead atoms. The van der Waals surface area contributed by atoms with Crippen LogP contribution in [0.1, 0.15) is 12.5 Å². The molecule has 1 aliphatic rings. The topological polar surface area (TPSA) is 62.9 Å². The quantitative estimate of drug-likeness (QED) is 0.527. The van der Waals surface area contributed by atoms with Crippen molar-refractivity contribution in [1.82, 2.24) is 3.97 Å². The fraction of sp³-hybridized carbons (Fsp3) is 0.188. The van der Waals surface area contributed by atoms with E-state index < -0.39 is 24.5 Å². The number of hydrogen-bond donors (Lipinski definition) is 0. The smallest absolute Gasteiger partial charge is 0.243 e. The lowest BCUT2D eigenvalue weighted by atomic mass is 10.0. The largest absolute Gasteiger partial charge is 0.249 e. The molecule has 1 aromatic heterocycles. The van der Waals surface area contributed by atoms with Gasteiger partial charge in [-0.25, -0.2) is 16.8 Å². The average Bonchev–Trinajstić information content (AvgIpc) is 2.95. The third kappa shape index (κ3) is 2.32. The summed E-state index contributed by atoms with van der Waals surface area (Å²) in [7, 11) is -3.89. The van der Waals surface area contributed by atoms with Crippen molar-refractivity contribution >= 4 is 43.5 Å². The van der Waals surface area contributed by atoms with Crippen molar-refractivity contribution in [2.24, 2.45) is 0 Å². The molecule has 0 amide bonds. The minimum absolute atomic E-state index is 0.284. The van der Waals surface area contributed by atoms with E-state index in [2.05, 4.69) is 0 Å². The summed E-state index contributed by atoms with van der Waals surface area (Å²) < 4.78 is 39.1. The number of fused-ring (bicyclic) bond motifs is 1. The number of hydrogen-bond acceptors (Lipinski definition) is 3. The van der Waals surface area contributed by atoms with Gasteiger partial charge in [0, 0.05) is 11.6 Å². The van der Waals surface area contributed by atoms with Crippen molar-refractivity contribution in [3.63, 3.8) is 0 Å². The van der Waals surface area contributed by atoms with E-state index in [4.69, 9.17) is 0 Å². The molecular formula is C16H12FIN2O2S. The number of allylic oxidation sites excluding steroid dienone is 3. The SMILES string of the molecule is CC1(S(=O)(=O)n2ccc3cccc(C#N)c32)C=CC(F)=CC1I. The van der Waals surface area contributed by atoms with Crippen LogP contribution in [-0.2, 0) is 10.0 Å². The molecule has 0 N–H and O–H groups in total. The molecule has 0 spiro atoms. The molecule has 0 radical (unpaired) electrons. The lowest BCUT2D eigenvalue weighted by molar-refractivity contribution is 0.555. The molecule has 0 fully saturated rings. The number of alkyl halides is 1. The number of rotatable bonds is 2. The zero-order chi connectivity index (χ0) is 16.8. The summed E-state index contributed by atoms with van der Waals surface area (Å²) in [6.45, 7) is 1.56. The molecule has 1 aliphatic carbocycles. The van der Waals surface area contributed by atoms with Gasteiger partial charge in [-0.3, -0.25) is 0 Å². The Bertz CT molecular complexity index is 1000. The van der Waals surface area contributed by atoms with E-state index in [9.17, 15) is 18.1 Å². The van der Waals surface area contributed by atoms with Gasteiger partial charge >= 0.3 is 0 Å². The number of para-hydroxylation sites is 1. The van der Waals surface area contributed by atoms with Crippen molar-refractivity contribution in [3.8, 4) is 6.07 Å². The minimum atomic E-state index is -3.89. The lowest BCUT2D eigenvalue weighted by Gasteiger charge is -2.32. The monoisotopic (exact) mass is 442 g/mol. The Hall–Kier alpha value is -1.66. The summed E-state index contributed by atoms with van der Waals surface area (Å²) in [5.41, 5.74) is 0.634. The first-order chi connectivity index (χ1) is 10.8. The zero-order valence-electron chi connectivity index (χ0n) is 12.1. The van der Waals surface area contributed by atoms with Crippen LogP contribution in [0.4, 0.5) is 4.39 Å². The molecular weight excluding hydrogens is 430 g/mol. The molecule has 0 saturated carbocycles. The maximum atomic E-state index is 13.4. The van der Waals surface area contributed by atoms with Gasteiger partial charge in [0.2, 0.25) is 10.0 Å². The number of halogens is 2. The van der Waals surface area contributed by atoms with Crippen LogP contribution in [0.2, 0.25) is 0 Å². The number of benzene rings is 1. The maximum Gasteiger partial charge on any atom is 0.249 e. The molecule has 0 aliphatic heterocycles.